The molecular formula is C25H26O6. The van der Waals surface area contributed by atoms with Crippen LogP contribution >= 0.6 is 0 Å². The van der Waals surface area contributed by atoms with Crippen molar-refractivity contribution < 1.29 is 23.4 Å². The average molecular weight is 422 g/mol. The topological polar surface area (TPSA) is 75.0 Å². The van der Waals surface area contributed by atoms with Crippen LogP contribution < -0.4 is 19.8 Å². The van der Waals surface area contributed by atoms with Crippen molar-refractivity contribution >= 4 is 16.9 Å². The summed E-state index contributed by atoms with van der Waals surface area (Å²) < 4.78 is 22.5. The van der Waals surface area contributed by atoms with E-state index < -0.39 is 11.6 Å². The molecule has 0 saturated heterocycles. The highest BCUT2D eigenvalue weighted by Gasteiger charge is 2.22. The number of hydrogen-bond donors (Lipinski definition) is 0. The Bertz CT molecular complexity index is 1110. The minimum atomic E-state index is -0.718. The molecule has 0 fully saturated rings. The third kappa shape index (κ3) is 5.75. The van der Waals surface area contributed by atoms with E-state index in [-0.39, 0.29) is 29.8 Å². The second-order valence-electron chi connectivity index (χ2n) is 7.14. The van der Waals surface area contributed by atoms with Gasteiger partial charge in [0.15, 0.2) is 5.75 Å². The van der Waals surface area contributed by atoms with Gasteiger partial charge in [-0.15, -0.1) is 0 Å². The van der Waals surface area contributed by atoms with Crippen molar-refractivity contribution in [2.45, 2.75) is 39.7 Å². The maximum absolute atomic E-state index is 12.7. The highest BCUT2D eigenvalue weighted by molar-refractivity contribution is 5.95. The van der Waals surface area contributed by atoms with Crippen molar-refractivity contribution in [2.24, 2.45) is 0 Å². The molecular weight excluding hydrogens is 396 g/mol. The molecule has 6 nitrogen and oxygen atoms in total. The standard InChI is InChI=1S/C25H26O6/c1-4-5-6-10-15-28-23-22(31-24(26)18-11-8-7-9-12-18)20-14-13-19(29-17(2)3)16-21(20)30-25(23)27/h5-9,11-14,16-17H,4,10,15H2,1-3H3. The summed E-state index contributed by atoms with van der Waals surface area (Å²) in [5.74, 6) is -0.134. The van der Waals surface area contributed by atoms with Gasteiger partial charge in [-0.3, -0.25) is 0 Å². The van der Waals surface area contributed by atoms with Gasteiger partial charge < -0.3 is 18.6 Å². The number of rotatable bonds is 9. The van der Waals surface area contributed by atoms with E-state index in [9.17, 15) is 9.59 Å². The minimum Gasteiger partial charge on any atom is -0.491 e. The van der Waals surface area contributed by atoms with Crippen molar-refractivity contribution in [3.8, 4) is 17.2 Å². The molecule has 0 spiro atoms. The minimum absolute atomic E-state index is 0.0377. The zero-order valence-corrected chi connectivity index (χ0v) is 17.9. The number of carbonyl (C=O) groups excluding carboxylic acids is 1. The number of allylic oxidation sites excluding steroid dienone is 1. The molecule has 6 heteroatoms. The molecule has 0 N–H and O–H groups in total. The Morgan fingerprint density at radius 1 is 1.06 bits per heavy atom. The van der Waals surface area contributed by atoms with Crippen molar-refractivity contribution in [3.05, 3.63) is 76.7 Å². The predicted octanol–water partition coefficient (Wildman–Crippen LogP) is 5.53. The molecule has 0 atom stereocenters. The first-order chi connectivity index (χ1) is 15.0. The van der Waals surface area contributed by atoms with Gasteiger partial charge in [0.25, 0.3) is 0 Å². The summed E-state index contributed by atoms with van der Waals surface area (Å²) in [6.07, 6.45) is 5.46. The lowest BCUT2D eigenvalue weighted by Crippen LogP contribution is -2.15. The van der Waals surface area contributed by atoms with Crippen LogP contribution in [0.15, 0.2) is 69.9 Å². The van der Waals surface area contributed by atoms with E-state index >= 15 is 0 Å². The van der Waals surface area contributed by atoms with E-state index in [0.717, 1.165) is 6.42 Å². The highest BCUT2D eigenvalue weighted by atomic mass is 16.6. The average Bonchev–Trinajstić information content (AvgIpc) is 2.75. The number of ether oxygens (including phenoxy) is 3. The molecule has 0 saturated carbocycles. The molecule has 3 aromatic rings. The molecule has 0 aliphatic heterocycles. The molecule has 0 aliphatic rings. The third-order valence-corrected chi connectivity index (χ3v) is 4.30. The number of esters is 1. The van der Waals surface area contributed by atoms with E-state index in [0.29, 0.717) is 23.1 Å². The molecule has 3 rings (SSSR count). The maximum Gasteiger partial charge on any atom is 0.383 e. The monoisotopic (exact) mass is 422 g/mol. The van der Waals surface area contributed by atoms with Gasteiger partial charge in [0.05, 0.1) is 23.7 Å². The van der Waals surface area contributed by atoms with Crippen LogP contribution in [0.5, 0.6) is 17.2 Å². The Morgan fingerprint density at radius 3 is 2.55 bits per heavy atom. The van der Waals surface area contributed by atoms with Crippen LogP contribution in [0, 0.1) is 0 Å². The van der Waals surface area contributed by atoms with Gasteiger partial charge >= 0.3 is 11.6 Å². The molecule has 2 aromatic carbocycles. The van der Waals surface area contributed by atoms with E-state index in [2.05, 4.69) is 0 Å². The third-order valence-electron chi connectivity index (χ3n) is 4.30. The molecule has 0 aliphatic carbocycles. The molecule has 0 amide bonds. The van der Waals surface area contributed by atoms with Crippen LogP contribution in [-0.2, 0) is 0 Å². The Morgan fingerprint density at radius 2 is 1.84 bits per heavy atom. The molecule has 1 heterocycles. The lowest BCUT2D eigenvalue weighted by Gasteiger charge is -2.14. The molecule has 0 radical (unpaired) electrons. The van der Waals surface area contributed by atoms with E-state index in [1.807, 2.05) is 32.9 Å². The molecule has 31 heavy (non-hydrogen) atoms. The number of fused-ring (bicyclic) bond motifs is 1. The van der Waals surface area contributed by atoms with E-state index in [1.165, 1.54) is 0 Å². The normalized spacial score (nSPS) is 11.2. The van der Waals surface area contributed by atoms with Gasteiger partial charge in [-0.25, -0.2) is 9.59 Å². The fraction of sp³-hybridized carbons (Fsp3) is 0.280. The highest BCUT2D eigenvalue weighted by Crippen LogP contribution is 2.35. The number of benzene rings is 2. The summed E-state index contributed by atoms with van der Waals surface area (Å²) >= 11 is 0. The molecule has 162 valence electrons. The number of carbonyl (C=O) groups is 1. The summed E-state index contributed by atoms with van der Waals surface area (Å²) in [5.41, 5.74) is -0.109. The smallest absolute Gasteiger partial charge is 0.383 e. The van der Waals surface area contributed by atoms with Crippen LogP contribution in [0.3, 0.4) is 0 Å². The first kappa shape index (κ1) is 22.2. The summed E-state index contributed by atoms with van der Waals surface area (Å²) in [6, 6.07) is 13.6. The van der Waals surface area contributed by atoms with Crippen LogP contribution in [0.1, 0.15) is 44.0 Å². The van der Waals surface area contributed by atoms with Gasteiger partial charge in [0, 0.05) is 6.07 Å². The van der Waals surface area contributed by atoms with Gasteiger partial charge in [0.2, 0.25) is 5.75 Å². The van der Waals surface area contributed by atoms with Gasteiger partial charge in [0.1, 0.15) is 11.3 Å². The van der Waals surface area contributed by atoms with Crippen LogP contribution in [0.2, 0.25) is 0 Å². The van der Waals surface area contributed by atoms with E-state index in [1.54, 1.807) is 48.5 Å². The van der Waals surface area contributed by atoms with Crippen LogP contribution in [0.25, 0.3) is 11.0 Å². The van der Waals surface area contributed by atoms with Gasteiger partial charge in [-0.2, -0.15) is 0 Å². The van der Waals surface area contributed by atoms with Crippen molar-refractivity contribution in [1.82, 2.24) is 0 Å². The summed E-state index contributed by atoms with van der Waals surface area (Å²) in [6.45, 7) is 6.08. The molecule has 1 aromatic heterocycles. The predicted molar refractivity (Wildman–Crippen MR) is 119 cm³/mol. The zero-order chi connectivity index (χ0) is 22.2. The summed E-state index contributed by atoms with van der Waals surface area (Å²) in [7, 11) is 0. The first-order valence-corrected chi connectivity index (χ1v) is 10.3. The second kappa shape index (κ2) is 10.5. The molecule has 0 unspecified atom stereocenters. The lowest BCUT2D eigenvalue weighted by atomic mass is 10.2. The largest absolute Gasteiger partial charge is 0.491 e. The van der Waals surface area contributed by atoms with Gasteiger partial charge in [-0.1, -0.05) is 37.3 Å². The van der Waals surface area contributed by atoms with Crippen molar-refractivity contribution in [1.29, 1.82) is 0 Å². The quantitative estimate of drug-likeness (QED) is 0.195. The Labute approximate surface area is 181 Å². The van der Waals surface area contributed by atoms with E-state index in [4.69, 9.17) is 18.6 Å². The molecule has 0 bridgehead atoms. The van der Waals surface area contributed by atoms with Crippen LogP contribution in [-0.4, -0.2) is 18.7 Å². The van der Waals surface area contributed by atoms with Crippen molar-refractivity contribution in [3.63, 3.8) is 0 Å². The lowest BCUT2D eigenvalue weighted by molar-refractivity contribution is 0.0729. The summed E-state index contributed by atoms with van der Waals surface area (Å²) in [4.78, 5) is 25.4. The zero-order valence-electron chi connectivity index (χ0n) is 17.9. The van der Waals surface area contributed by atoms with Gasteiger partial charge in [-0.05, 0) is 51.0 Å². The Balaban J connectivity index is 2.01. The Kier molecular flexibility index (Phi) is 7.49. The Hall–Kier alpha value is -3.54. The maximum atomic E-state index is 12.7. The second-order valence-corrected chi connectivity index (χ2v) is 7.14. The first-order valence-electron chi connectivity index (χ1n) is 10.3. The summed E-state index contributed by atoms with van der Waals surface area (Å²) in [5, 5.41) is 0.444. The SMILES string of the molecule is CCC=CCCOc1c(OC(=O)c2ccccc2)c2ccc(OC(C)C)cc2oc1=O. The van der Waals surface area contributed by atoms with Crippen molar-refractivity contribution in [2.75, 3.05) is 6.61 Å². The fourth-order valence-corrected chi connectivity index (χ4v) is 2.95. The number of hydrogen-bond acceptors (Lipinski definition) is 6. The van der Waals surface area contributed by atoms with Crippen LogP contribution in [0.4, 0.5) is 0 Å². The fourth-order valence-electron chi connectivity index (χ4n) is 2.95.